The number of nitrogens with one attached hydrogen (secondary N) is 3. The number of hydrogen-bond acceptors (Lipinski definition) is 4. The minimum Gasteiger partial charge on any atom is -0.335 e. The molecule has 0 saturated carbocycles. The molecule has 0 aliphatic rings. The molecule has 0 unspecified atom stereocenters. The molecule has 0 bridgehead atoms. The van der Waals surface area contributed by atoms with Crippen LogP contribution in [0.5, 0.6) is 0 Å². The average molecular weight is 251 g/mol. The summed E-state index contributed by atoms with van der Waals surface area (Å²) in [7, 11) is 1.79. The molecule has 0 aromatic carbocycles. The van der Waals surface area contributed by atoms with Gasteiger partial charge < -0.3 is 10.3 Å². The average Bonchev–Trinajstić information content (AvgIpc) is 2.73. The normalized spacial score (nSPS) is 11.2. The number of fused-ring (bicyclic) bond motifs is 1. The van der Waals surface area contributed by atoms with Gasteiger partial charge in [-0.25, -0.2) is 9.78 Å². The smallest absolute Gasteiger partial charge is 0.330 e. The number of nitrogens with zero attached hydrogens (tertiary/aromatic N) is 2. The second-order valence-corrected chi connectivity index (χ2v) is 4.18. The standard InChI is InChI=1S/C11H17N5O2/c1-3-4-5-16-9-8(10(17)15-11(16)18)13-7(14-9)6-12-2/h12H,3-6H2,1-2H3,(H,13,14)(H,15,17,18). The first-order valence-corrected chi connectivity index (χ1v) is 6.03. The van der Waals surface area contributed by atoms with Crippen LogP contribution in [0.1, 0.15) is 25.6 Å². The lowest BCUT2D eigenvalue weighted by molar-refractivity contribution is 0.613. The van der Waals surface area contributed by atoms with Crippen LogP contribution in [-0.2, 0) is 13.1 Å². The Morgan fingerprint density at radius 2 is 2.11 bits per heavy atom. The van der Waals surface area contributed by atoms with Gasteiger partial charge in [-0.2, -0.15) is 0 Å². The molecule has 0 aliphatic heterocycles. The quantitative estimate of drug-likeness (QED) is 0.693. The van der Waals surface area contributed by atoms with Crippen LogP contribution in [0, 0.1) is 0 Å². The third-order valence-corrected chi connectivity index (χ3v) is 2.76. The highest BCUT2D eigenvalue weighted by molar-refractivity contribution is 5.69. The summed E-state index contributed by atoms with van der Waals surface area (Å²) in [5.41, 5.74) is -0.0283. The zero-order valence-corrected chi connectivity index (χ0v) is 10.5. The lowest BCUT2D eigenvalue weighted by Crippen LogP contribution is -2.30. The first kappa shape index (κ1) is 12.6. The van der Waals surface area contributed by atoms with E-state index in [9.17, 15) is 9.59 Å². The molecule has 2 rings (SSSR count). The number of aromatic amines is 2. The van der Waals surface area contributed by atoms with Crippen molar-refractivity contribution in [3.63, 3.8) is 0 Å². The highest BCUT2D eigenvalue weighted by Crippen LogP contribution is 2.05. The van der Waals surface area contributed by atoms with Gasteiger partial charge in [0.15, 0.2) is 5.65 Å². The summed E-state index contributed by atoms with van der Waals surface area (Å²) in [6, 6.07) is 0. The van der Waals surface area contributed by atoms with Crippen molar-refractivity contribution in [1.82, 2.24) is 24.8 Å². The van der Waals surface area contributed by atoms with Crippen molar-refractivity contribution < 1.29 is 0 Å². The van der Waals surface area contributed by atoms with Crippen molar-refractivity contribution >= 4 is 11.2 Å². The number of aromatic nitrogens is 4. The van der Waals surface area contributed by atoms with Gasteiger partial charge in [0.05, 0.1) is 6.54 Å². The van der Waals surface area contributed by atoms with Crippen LogP contribution < -0.4 is 16.6 Å². The summed E-state index contributed by atoms with van der Waals surface area (Å²) in [6.07, 6.45) is 1.84. The molecular weight excluding hydrogens is 234 g/mol. The second-order valence-electron chi connectivity index (χ2n) is 4.18. The predicted molar refractivity (Wildman–Crippen MR) is 68.6 cm³/mol. The summed E-state index contributed by atoms with van der Waals surface area (Å²) in [5, 5.41) is 2.95. The molecule has 0 atom stereocenters. The van der Waals surface area contributed by atoms with Gasteiger partial charge in [-0.05, 0) is 13.5 Å². The molecule has 0 fully saturated rings. The number of H-pyrrole nitrogens is 2. The van der Waals surface area contributed by atoms with E-state index in [2.05, 4.69) is 20.3 Å². The molecule has 0 saturated heterocycles. The zero-order valence-electron chi connectivity index (χ0n) is 10.5. The van der Waals surface area contributed by atoms with Crippen LogP contribution in [0.3, 0.4) is 0 Å². The van der Waals surface area contributed by atoms with Crippen molar-refractivity contribution in [3.05, 3.63) is 26.7 Å². The SMILES string of the molecule is CCCCn1c(=O)[nH]c(=O)c2[nH]c(CNC)nc21. The molecule has 3 N–H and O–H groups in total. The second kappa shape index (κ2) is 5.18. The van der Waals surface area contributed by atoms with Crippen molar-refractivity contribution in [3.8, 4) is 0 Å². The van der Waals surface area contributed by atoms with E-state index in [-0.39, 0.29) is 0 Å². The monoisotopic (exact) mass is 251 g/mol. The van der Waals surface area contributed by atoms with Crippen molar-refractivity contribution in [1.29, 1.82) is 0 Å². The summed E-state index contributed by atoms with van der Waals surface area (Å²) in [6.45, 7) is 3.13. The van der Waals surface area contributed by atoms with E-state index in [1.165, 1.54) is 4.57 Å². The van der Waals surface area contributed by atoms with Gasteiger partial charge in [-0.15, -0.1) is 0 Å². The van der Waals surface area contributed by atoms with Crippen molar-refractivity contribution in [2.45, 2.75) is 32.9 Å². The maximum atomic E-state index is 11.8. The molecule has 0 amide bonds. The molecule has 2 heterocycles. The molecule has 2 aromatic heterocycles. The third-order valence-electron chi connectivity index (χ3n) is 2.76. The minimum atomic E-state index is -0.419. The van der Waals surface area contributed by atoms with Gasteiger partial charge in [0.25, 0.3) is 5.56 Å². The largest absolute Gasteiger partial charge is 0.335 e. The van der Waals surface area contributed by atoms with Gasteiger partial charge >= 0.3 is 5.69 Å². The van der Waals surface area contributed by atoms with E-state index in [4.69, 9.17) is 0 Å². The lowest BCUT2D eigenvalue weighted by atomic mass is 10.3. The predicted octanol–water partition coefficient (Wildman–Crippen LogP) is -0.0676. The Morgan fingerprint density at radius 3 is 2.78 bits per heavy atom. The lowest BCUT2D eigenvalue weighted by Gasteiger charge is -2.03. The first-order chi connectivity index (χ1) is 8.67. The topological polar surface area (TPSA) is 95.6 Å². The Kier molecular flexibility index (Phi) is 3.61. The molecule has 0 aliphatic carbocycles. The maximum absolute atomic E-state index is 11.8. The van der Waals surface area contributed by atoms with Gasteiger partial charge in [0.1, 0.15) is 11.3 Å². The molecule has 98 valence electrons. The molecule has 7 heteroatoms. The summed E-state index contributed by atoms with van der Waals surface area (Å²) >= 11 is 0. The van der Waals surface area contributed by atoms with Gasteiger partial charge in [-0.1, -0.05) is 13.3 Å². The van der Waals surface area contributed by atoms with Gasteiger partial charge in [0.2, 0.25) is 0 Å². The maximum Gasteiger partial charge on any atom is 0.330 e. The highest BCUT2D eigenvalue weighted by Gasteiger charge is 2.11. The summed E-state index contributed by atoms with van der Waals surface area (Å²) < 4.78 is 1.51. The van der Waals surface area contributed by atoms with Gasteiger partial charge in [0, 0.05) is 6.54 Å². The number of imidazole rings is 1. The summed E-state index contributed by atoms with van der Waals surface area (Å²) in [5.74, 6) is 0.647. The Hall–Kier alpha value is -1.89. The minimum absolute atomic E-state index is 0.357. The van der Waals surface area contributed by atoms with Crippen LogP contribution in [0.15, 0.2) is 9.59 Å². The highest BCUT2D eigenvalue weighted by atomic mass is 16.2. The number of aryl methyl sites for hydroxylation is 1. The van der Waals surface area contributed by atoms with E-state index in [0.717, 1.165) is 12.8 Å². The van der Waals surface area contributed by atoms with Crippen LogP contribution in [0.2, 0.25) is 0 Å². The van der Waals surface area contributed by atoms with E-state index in [1.807, 2.05) is 6.92 Å². The Balaban J connectivity index is 2.60. The van der Waals surface area contributed by atoms with Crippen molar-refractivity contribution in [2.75, 3.05) is 7.05 Å². The zero-order chi connectivity index (χ0) is 13.1. The Bertz CT molecular complexity index is 651. The first-order valence-electron chi connectivity index (χ1n) is 6.03. The summed E-state index contributed by atoms with van der Waals surface area (Å²) in [4.78, 5) is 33.0. The van der Waals surface area contributed by atoms with E-state index >= 15 is 0 Å². The van der Waals surface area contributed by atoms with E-state index in [1.54, 1.807) is 7.05 Å². The molecule has 18 heavy (non-hydrogen) atoms. The van der Waals surface area contributed by atoms with Crippen LogP contribution in [-0.4, -0.2) is 26.6 Å². The molecule has 2 aromatic rings. The Morgan fingerprint density at radius 1 is 1.33 bits per heavy atom. The molecule has 7 nitrogen and oxygen atoms in total. The molecule has 0 radical (unpaired) electrons. The van der Waals surface area contributed by atoms with Crippen LogP contribution in [0.25, 0.3) is 11.2 Å². The van der Waals surface area contributed by atoms with E-state index < -0.39 is 11.2 Å². The number of rotatable bonds is 5. The Labute approximate surface area is 103 Å². The fourth-order valence-corrected chi connectivity index (χ4v) is 1.86. The van der Waals surface area contributed by atoms with E-state index in [0.29, 0.717) is 30.1 Å². The fourth-order valence-electron chi connectivity index (χ4n) is 1.86. The van der Waals surface area contributed by atoms with Crippen LogP contribution in [0.4, 0.5) is 0 Å². The van der Waals surface area contributed by atoms with Crippen LogP contribution >= 0.6 is 0 Å². The number of unbranched alkanes of at least 4 members (excludes halogenated alkanes) is 1. The fraction of sp³-hybridized carbons (Fsp3) is 0.545. The van der Waals surface area contributed by atoms with Gasteiger partial charge in [-0.3, -0.25) is 14.3 Å². The number of hydrogen-bond donors (Lipinski definition) is 3. The molecular formula is C11H17N5O2. The molecule has 0 spiro atoms. The van der Waals surface area contributed by atoms with Crippen molar-refractivity contribution in [2.24, 2.45) is 0 Å². The third kappa shape index (κ3) is 2.21.